The maximum atomic E-state index is 7.04. The van der Waals surface area contributed by atoms with E-state index in [9.17, 15) is 0 Å². The van der Waals surface area contributed by atoms with Crippen molar-refractivity contribution in [1.29, 1.82) is 0 Å². The van der Waals surface area contributed by atoms with Gasteiger partial charge in [0.25, 0.3) is 0 Å². The van der Waals surface area contributed by atoms with E-state index in [0.29, 0.717) is 0 Å². The Labute approximate surface area is 327 Å². The van der Waals surface area contributed by atoms with Crippen LogP contribution in [0.4, 0.5) is 27.8 Å². The lowest BCUT2D eigenvalue weighted by Gasteiger charge is -2.50. The van der Waals surface area contributed by atoms with Crippen molar-refractivity contribution in [2.45, 2.75) is 77.6 Å². The fourth-order valence-corrected chi connectivity index (χ4v) is 12.3. The van der Waals surface area contributed by atoms with E-state index in [-0.39, 0.29) is 23.1 Å². The molecular formula is C50H43BN2OS. The number of rotatable bonds is 1. The second kappa shape index (κ2) is 10.3. The minimum atomic E-state index is -0.179. The minimum Gasteiger partial charge on any atom is -0.455 e. The summed E-state index contributed by atoms with van der Waals surface area (Å²) in [7, 11) is 0. The second-order valence-corrected chi connectivity index (χ2v) is 19.4. The van der Waals surface area contributed by atoms with Gasteiger partial charge < -0.3 is 14.1 Å². The molecule has 5 heteroatoms. The van der Waals surface area contributed by atoms with Crippen molar-refractivity contribution in [3.05, 3.63) is 137 Å². The number of nitrogens with zero attached hydrogens (tertiary/aromatic N) is 2. The highest BCUT2D eigenvalue weighted by Gasteiger charge is 2.52. The molecule has 3 aliphatic heterocycles. The van der Waals surface area contributed by atoms with Gasteiger partial charge >= 0.3 is 6.85 Å². The third kappa shape index (κ3) is 3.92. The summed E-state index contributed by atoms with van der Waals surface area (Å²) in [6.45, 7) is 16.9. The molecule has 0 amide bonds. The highest BCUT2D eigenvalue weighted by atomic mass is 32.1. The maximum absolute atomic E-state index is 7.04. The summed E-state index contributed by atoms with van der Waals surface area (Å²) < 4.78 is 8.36. The molecule has 0 saturated heterocycles. The first-order chi connectivity index (χ1) is 26.5. The van der Waals surface area contributed by atoms with Crippen molar-refractivity contribution >= 4 is 88.9 Å². The lowest BCUT2D eigenvalue weighted by molar-refractivity contribution is 0.332. The molecule has 55 heavy (non-hydrogen) atoms. The lowest BCUT2D eigenvalue weighted by atomic mass is 9.42. The van der Waals surface area contributed by atoms with Crippen molar-refractivity contribution in [3.8, 4) is 11.1 Å². The Hall–Kier alpha value is -5.26. The summed E-state index contributed by atoms with van der Waals surface area (Å²) in [5.74, 6) is 0. The second-order valence-electron chi connectivity index (χ2n) is 18.4. The summed E-state index contributed by atoms with van der Waals surface area (Å²) >= 11 is 1.95. The van der Waals surface area contributed by atoms with Gasteiger partial charge in [-0.15, -0.1) is 11.3 Å². The average Bonchev–Trinajstić information content (AvgIpc) is 3.75. The van der Waals surface area contributed by atoms with Crippen LogP contribution in [-0.2, 0) is 16.2 Å². The Bertz CT molecular complexity index is 3020. The zero-order valence-electron chi connectivity index (χ0n) is 32.6. The first-order valence-corrected chi connectivity index (χ1v) is 20.8. The molecule has 0 radical (unpaired) electrons. The van der Waals surface area contributed by atoms with Gasteiger partial charge in [0, 0.05) is 49.1 Å². The Kier molecular flexibility index (Phi) is 6.01. The summed E-state index contributed by atoms with van der Waals surface area (Å²) in [4.78, 5) is 5.38. The molecule has 12 rings (SSSR count). The number of fused-ring (bicyclic) bond motifs is 13. The number of hydrogen-bond acceptors (Lipinski definition) is 4. The summed E-state index contributed by atoms with van der Waals surface area (Å²) in [5, 5.41) is 4.99. The van der Waals surface area contributed by atoms with Gasteiger partial charge in [0.05, 0.1) is 10.7 Å². The first-order valence-electron chi connectivity index (χ1n) is 19.9. The SMILES string of the molecule is Cc1cc2c(cc1N1c3cc4c(oc5ccccc54)c4c3B(c3c1sc1ccccc31)N1c3ccccc3C(C)(C)c3cccc-4c31)C(C)(C)CCC2(C)C. The molecule has 1 aliphatic carbocycles. The number of aryl methyl sites for hydroxylation is 1. The van der Waals surface area contributed by atoms with E-state index in [1.54, 1.807) is 0 Å². The van der Waals surface area contributed by atoms with Gasteiger partial charge in [-0.1, -0.05) is 120 Å². The summed E-state index contributed by atoms with van der Waals surface area (Å²) in [5.41, 5.74) is 19.4. The van der Waals surface area contributed by atoms with Gasteiger partial charge in [-0.3, -0.25) is 0 Å². The predicted molar refractivity (Wildman–Crippen MR) is 235 cm³/mol. The summed E-state index contributed by atoms with van der Waals surface area (Å²) in [6, 6.07) is 41.5. The lowest BCUT2D eigenvalue weighted by Crippen LogP contribution is -2.62. The molecule has 8 aromatic rings. The van der Waals surface area contributed by atoms with E-state index >= 15 is 0 Å². The zero-order chi connectivity index (χ0) is 37.3. The van der Waals surface area contributed by atoms with Gasteiger partial charge in [0.1, 0.15) is 11.2 Å². The molecular weight excluding hydrogens is 687 g/mol. The topological polar surface area (TPSA) is 19.6 Å². The van der Waals surface area contributed by atoms with Crippen LogP contribution in [0.2, 0.25) is 0 Å². The van der Waals surface area contributed by atoms with Crippen molar-refractivity contribution in [2.75, 3.05) is 9.71 Å². The number of para-hydroxylation sites is 3. The highest BCUT2D eigenvalue weighted by molar-refractivity contribution is 7.26. The third-order valence-corrected chi connectivity index (χ3v) is 15.2. The van der Waals surface area contributed by atoms with Crippen LogP contribution in [0.3, 0.4) is 0 Å². The highest BCUT2D eigenvalue weighted by Crippen LogP contribution is 2.59. The van der Waals surface area contributed by atoms with Crippen molar-refractivity contribution < 1.29 is 4.42 Å². The van der Waals surface area contributed by atoms with E-state index in [2.05, 4.69) is 167 Å². The van der Waals surface area contributed by atoms with Crippen LogP contribution in [0.1, 0.15) is 82.2 Å². The molecule has 6 aromatic carbocycles. The molecule has 2 aromatic heterocycles. The van der Waals surface area contributed by atoms with Crippen molar-refractivity contribution in [3.63, 3.8) is 0 Å². The van der Waals surface area contributed by atoms with E-state index in [1.165, 1.54) is 106 Å². The summed E-state index contributed by atoms with van der Waals surface area (Å²) in [6.07, 6.45) is 2.38. The van der Waals surface area contributed by atoms with E-state index < -0.39 is 0 Å². The first kappa shape index (κ1) is 32.0. The quantitative estimate of drug-likeness (QED) is 0.157. The van der Waals surface area contributed by atoms with Gasteiger partial charge in [0.15, 0.2) is 0 Å². The minimum absolute atomic E-state index is 0.0516. The van der Waals surface area contributed by atoms with Crippen LogP contribution in [-0.4, -0.2) is 6.85 Å². The van der Waals surface area contributed by atoms with Crippen LogP contribution in [0, 0.1) is 6.92 Å². The maximum Gasteiger partial charge on any atom is 0.334 e. The fraction of sp³-hybridized carbons (Fsp3) is 0.240. The molecule has 0 unspecified atom stereocenters. The van der Waals surface area contributed by atoms with Crippen molar-refractivity contribution in [1.82, 2.24) is 0 Å². The van der Waals surface area contributed by atoms with E-state index in [4.69, 9.17) is 4.42 Å². The standard InChI is InChI=1S/C50H43BN2OS/c1-28-25-35-36(49(4,5)24-23-48(35,2)3)27-38(28)52-39-26-32-29-15-8-12-21-40(29)54-46(32)42-31-17-14-19-34-45(31)53(37-20-11-10-18-33(37)50(34,6)7)51(44(39)42)43-30-16-9-13-22-41(30)55-47(43)52/h8-22,25-27H,23-24H2,1-7H3. The molecule has 0 spiro atoms. The average molecular weight is 731 g/mol. The number of thiophene rings is 1. The van der Waals surface area contributed by atoms with Gasteiger partial charge in [-0.05, 0) is 105 Å². The number of anilines is 5. The van der Waals surface area contributed by atoms with Gasteiger partial charge in [0.2, 0.25) is 0 Å². The Morgan fingerprint density at radius 1 is 0.618 bits per heavy atom. The largest absolute Gasteiger partial charge is 0.455 e. The number of benzene rings is 6. The Morgan fingerprint density at radius 2 is 1.31 bits per heavy atom. The van der Waals surface area contributed by atoms with Crippen LogP contribution >= 0.6 is 11.3 Å². The normalized spacial score (nSPS) is 17.9. The molecule has 4 aliphatic rings. The fourth-order valence-electron chi connectivity index (χ4n) is 11.0. The van der Waals surface area contributed by atoms with Gasteiger partial charge in [-0.25, -0.2) is 0 Å². The van der Waals surface area contributed by atoms with Gasteiger partial charge in [-0.2, -0.15) is 0 Å². The molecule has 5 heterocycles. The zero-order valence-corrected chi connectivity index (χ0v) is 33.4. The van der Waals surface area contributed by atoms with Crippen LogP contribution in [0.15, 0.2) is 114 Å². The monoisotopic (exact) mass is 730 g/mol. The molecule has 268 valence electrons. The molecule has 3 nitrogen and oxygen atoms in total. The molecule has 0 bridgehead atoms. The molecule has 0 atom stereocenters. The molecule has 0 fully saturated rings. The van der Waals surface area contributed by atoms with E-state index in [1.807, 2.05) is 11.3 Å². The van der Waals surface area contributed by atoms with Crippen LogP contribution in [0.25, 0.3) is 43.2 Å². The smallest absolute Gasteiger partial charge is 0.334 e. The van der Waals surface area contributed by atoms with E-state index in [0.717, 1.165) is 16.6 Å². The molecule has 0 saturated carbocycles. The Balaban J connectivity index is 1.29. The Morgan fingerprint density at radius 3 is 2.13 bits per heavy atom. The molecule has 0 N–H and O–H groups in total. The van der Waals surface area contributed by atoms with Crippen LogP contribution < -0.4 is 20.6 Å². The third-order valence-electron chi connectivity index (χ3n) is 14.0. The number of hydrogen-bond donors (Lipinski definition) is 0. The number of furan rings is 1. The van der Waals surface area contributed by atoms with Crippen LogP contribution in [0.5, 0.6) is 0 Å². The van der Waals surface area contributed by atoms with Crippen molar-refractivity contribution in [2.24, 2.45) is 0 Å². The predicted octanol–water partition coefficient (Wildman–Crippen LogP) is 12.8.